The van der Waals surface area contributed by atoms with Gasteiger partial charge in [0, 0.05) is 13.2 Å². The van der Waals surface area contributed by atoms with Gasteiger partial charge in [0.05, 0.1) is 12.6 Å². The van der Waals surface area contributed by atoms with Gasteiger partial charge in [0.25, 0.3) is 5.91 Å². The first-order chi connectivity index (χ1) is 11.0. The minimum absolute atomic E-state index is 0.154. The zero-order valence-electron chi connectivity index (χ0n) is 14.6. The van der Waals surface area contributed by atoms with Gasteiger partial charge >= 0.3 is 0 Å². The quantitative estimate of drug-likeness (QED) is 0.782. The van der Waals surface area contributed by atoms with Gasteiger partial charge in [0.15, 0.2) is 6.10 Å². The summed E-state index contributed by atoms with van der Waals surface area (Å²) in [5, 5.41) is 0. The number of aryl methyl sites for hydroxylation is 1. The van der Waals surface area contributed by atoms with Crippen LogP contribution in [-0.2, 0) is 16.1 Å². The van der Waals surface area contributed by atoms with Crippen LogP contribution in [0.25, 0.3) is 0 Å². The first kappa shape index (κ1) is 16.5. The Kier molecular flexibility index (Phi) is 4.78. The maximum Gasteiger partial charge on any atom is 0.254 e. The minimum atomic E-state index is -0.235. The number of nitrogens with zero attached hydrogens (tertiary/aromatic N) is 2. The zero-order valence-corrected chi connectivity index (χ0v) is 14.6. The summed E-state index contributed by atoms with van der Waals surface area (Å²) in [6, 6.07) is 4.59. The van der Waals surface area contributed by atoms with Gasteiger partial charge in [-0.25, -0.2) is 0 Å². The van der Waals surface area contributed by atoms with Gasteiger partial charge < -0.3 is 14.1 Å². The van der Waals surface area contributed by atoms with E-state index in [2.05, 4.69) is 24.8 Å². The number of hydrogen-bond donors (Lipinski definition) is 0. The Morgan fingerprint density at radius 2 is 2.00 bits per heavy atom. The van der Waals surface area contributed by atoms with E-state index in [9.17, 15) is 4.79 Å². The molecule has 1 aromatic heterocycles. The Bertz CT molecular complexity index is 546. The highest BCUT2D eigenvalue weighted by atomic mass is 16.5. The van der Waals surface area contributed by atoms with Crippen LogP contribution in [0, 0.1) is 12.8 Å². The standard InChI is InChI=1S/C18H28N2O3/c1-12(2)20-16(17(22-4)18(20)21)14-7-9-19(10-8-14)11-15-6-5-13(3)23-15/h5-6,12,14,16-17H,7-11H2,1-4H3/t16-,17+/m0/s1. The van der Waals surface area contributed by atoms with Crippen molar-refractivity contribution in [1.82, 2.24) is 9.80 Å². The SMILES string of the molecule is CO[C@H]1C(=O)N(C(C)C)[C@H]1C1CCN(Cc2ccc(C)o2)CC1. The molecule has 1 amide bonds. The van der Waals surface area contributed by atoms with E-state index in [1.807, 2.05) is 17.9 Å². The van der Waals surface area contributed by atoms with Crippen LogP contribution in [0.5, 0.6) is 0 Å². The summed E-state index contributed by atoms with van der Waals surface area (Å²) in [5.41, 5.74) is 0. The number of methoxy groups -OCH3 is 1. The molecule has 5 heteroatoms. The normalized spacial score (nSPS) is 26.8. The van der Waals surface area contributed by atoms with Crippen molar-refractivity contribution in [1.29, 1.82) is 0 Å². The number of piperidine rings is 1. The highest BCUT2D eigenvalue weighted by molar-refractivity contribution is 5.88. The van der Waals surface area contributed by atoms with E-state index in [1.54, 1.807) is 7.11 Å². The van der Waals surface area contributed by atoms with Gasteiger partial charge in [0.1, 0.15) is 11.5 Å². The average Bonchev–Trinajstić information content (AvgIpc) is 2.91. The maximum absolute atomic E-state index is 12.2. The van der Waals surface area contributed by atoms with Crippen LogP contribution in [-0.4, -0.2) is 54.1 Å². The van der Waals surface area contributed by atoms with Gasteiger partial charge in [0.2, 0.25) is 0 Å². The fourth-order valence-electron chi connectivity index (χ4n) is 4.06. The molecule has 2 atom stereocenters. The predicted molar refractivity (Wildman–Crippen MR) is 88.0 cm³/mol. The number of carbonyl (C=O) groups is 1. The Balaban J connectivity index is 1.56. The first-order valence-corrected chi connectivity index (χ1v) is 8.64. The van der Waals surface area contributed by atoms with Crippen molar-refractivity contribution in [2.75, 3.05) is 20.2 Å². The van der Waals surface area contributed by atoms with Crippen molar-refractivity contribution >= 4 is 5.91 Å². The van der Waals surface area contributed by atoms with E-state index in [-0.39, 0.29) is 24.1 Å². The highest BCUT2D eigenvalue weighted by Crippen LogP contribution is 2.36. The smallest absolute Gasteiger partial charge is 0.254 e. The lowest BCUT2D eigenvalue weighted by Gasteiger charge is -2.53. The number of furan rings is 1. The Hall–Kier alpha value is -1.33. The second-order valence-electron chi connectivity index (χ2n) is 7.11. The molecule has 0 saturated carbocycles. The molecular weight excluding hydrogens is 292 g/mol. The largest absolute Gasteiger partial charge is 0.465 e. The fraction of sp³-hybridized carbons (Fsp3) is 0.722. The number of hydrogen-bond acceptors (Lipinski definition) is 4. The van der Waals surface area contributed by atoms with Crippen LogP contribution in [0.2, 0.25) is 0 Å². The van der Waals surface area contributed by atoms with Crippen molar-refractivity contribution in [2.45, 2.75) is 58.3 Å². The molecule has 23 heavy (non-hydrogen) atoms. The van der Waals surface area contributed by atoms with Gasteiger partial charge in [-0.3, -0.25) is 9.69 Å². The fourth-order valence-corrected chi connectivity index (χ4v) is 4.06. The summed E-state index contributed by atoms with van der Waals surface area (Å²) >= 11 is 0. The van der Waals surface area contributed by atoms with E-state index >= 15 is 0 Å². The van der Waals surface area contributed by atoms with Crippen molar-refractivity contribution < 1.29 is 13.9 Å². The van der Waals surface area contributed by atoms with Crippen molar-refractivity contribution in [3.05, 3.63) is 23.7 Å². The first-order valence-electron chi connectivity index (χ1n) is 8.64. The Morgan fingerprint density at radius 1 is 1.30 bits per heavy atom. The number of rotatable bonds is 5. The highest BCUT2D eigenvalue weighted by Gasteiger charge is 2.52. The van der Waals surface area contributed by atoms with E-state index in [4.69, 9.17) is 9.15 Å². The van der Waals surface area contributed by atoms with Crippen molar-refractivity contribution in [2.24, 2.45) is 5.92 Å². The van der Waals surface area contributed by atoms with Crippen molar-refractivity contribution in [3.63, 3.8) is 0 Å². The molecule has 0 radical (unpaired) electrons. The van der Waals surface area contributed by atoms with Crippen molar-refractivity contribution in [3.8, 4) is 0 Å². The Morgan fingerprint density at radius 3 is 2.52 bits per heavy atom. The lowest BCUT2D eigenvalue weighted by molar-refractivity contribution is -0.181. The maximum atomic E-state index is 12.2. The third kappa shape index (κ3) is 3.17. The Labute approximate surface area is 138 Å². The second-order valence-corrected chi connectivity index (χ2v) is 7.11. The molecule has 128 valence electrons. The molecule has 5 nitrogen and oxygen atoms in total. The van der Waals surface area contributed by atoms with Crippen LogP contribution in [0.15, 0.2) is 16.5 Å². The van der Waals surface area contributed by atoms with E-state index in [0.29, 0.717) is 5.92 Å². The molecule has 3 rings (SSSR count). The summed E-state index contributed by atoms with van der Waals surface area (Å²) in [6.45, 7) is 9.14. The third-order valence-corrected chi connectivity index (χ3v) is 5.23. The topological polar surface area (TPSA) is 45.9 Å². The number of carbonyl (C=O) groups excluding carboxylic acids is 1. The molecule has 0 aromatic carbocycles. The molecule has 0 aliphatic carbocycles. The molecule has 2 aliphatic rings. The molecular formula is C18H28N2O3. The number of β-lactam (4-membered cyclic amide) rings is 1. The molecule has 2 saturated heterocycles. The van der Waals surface area contributed by atoms with Gasteiger partial charge in [-0.15, -0.1) is 0 Å². The molecule has 2 aliphatic heterocycles. The summed E-state index contributed by atoms with van der Waals surface area (Å²) in [7, 11) is 1.65. The predicted octanol–water partition coefficient (Wildman–Crippen LogP) is 2.43. The number of likely N-dealkylation sites (tertiary alicyclic amines) is 2. The van der Waals surface area contributed by atoms with E-state index in [0.717, 1.165) is 44.0 Å². The minimum Gasteiger partial charge on any atom is -0.465 e. The van der Waals surface area contributed by atoms with Gasteiger partial charge in [-0.1, -0.05) is 0 Å². The lowest BCUT2D eigenvalue weighted by Crippen LogP contribution is -2.70. The molecule has 0 unspecified atom stereocenters. The summed E-state index contributed by atoms with van der Waals surface area (Å²) in [5.74, 6) is 2.70. The van der Waals surface area contributed by atoms with Crippen LogP contribution < -0.4 is 0 Å². The third-order valence-electron chi connectivity index (χ3n) is 5.23. The summed E-state index contributed by atoms with van der Waals surface area (Å²) in [4.78, 5) is 16.6. The average molecular weight is 320 g/mol. The molecule has 1 aromatic rings. The molecule has 3 heterocycles. The number of ether oxygens (including phenoxy) is 1. The van der Waals surface area contributed by atoms with Crippen LogP contribution in [0.3, 0.4) is 0 Å². The van der Waals surface area contributed by atoms with Gasteiger partial charge in [-0.2, -0.15) is 0 Å². The second kappa shape index (κ2) is 6.65. The molecule has 2 fully saturated rings. The van der Waals surface area contributed by atoms with Crippen LogP contribution >= 0.6 is 0 Å². The summed E-state index contributed by atoms with van der Waals surface area (Å²) in [6.07, 6.45) is 1.99. The van der Waals surface area contributed by atoms with Crippen LogP contribution in [0.1, 0.15) is 38.2 Å². The van der Waals surface area contributed by atoms with Crippen LogP contribution in [0.4, 0.5) is 0 Å². The monoisotopic (exact) mass is 320 g/mol. The molecule has 0 spiro atoms. The molecule has 0 N–H and O–H groups in total. The van der Waals surface area contributed by atoms with E-state index in [1.165, 1.54) is 0 Å². The summed E-state index contributed by atoms with van der Waals surface area (Å²) < 4.78 is 11.1. The zero-order chi connectivity index (χ0) is 16.6. The number of amides is 1. The lowest BCUT2D eigenvalue weighted by atomic mass is 9.79. The molecule has 0 bridgehead atoms. The van der Waals surface area contributed by atoms with Gasteiger partial charge in [-0.05, 0) is 64.8 Å². The van der Waals surface area contributed by atoms with E-state index < -0.39 is 0 Å².